The Hall–Kier alpha value is -6.25. The second kappa shape index (κ2) is 23.6. The number of benzene rings is 4. The Kier molecular flexibility index (Phi) is 17.3. The molecule has 0 bridgehead atoms. The number of β-amino-alcohol motifs (C(OH)–C–C–N with tert-alkyl or cyclic N) is 1. The largest absolute Gasteiger partial charge is 0.494 e. The number of carbonyl (C=O) groups excluding carboxylic acids is 2. The number of carboxylic acid groups (broad SMARTS) is 1. The van der Waals surface area contributed by atoms with Crippen molar-refractivity contribution in [3.05, 3.63) is 117 Å². The lowest BCUT2D eigenvalue weighted by Crippen LogP contribution is -2.56. The van der Waals surface area contributed by atoms with E-state index < -0.39 is 51.6 Å². The van der Waals surface area contributed by atoms with Gasteiger partial charge in [0.05, 0.1) is 54.3 Å². The van der Waals surface area contributed by atoms with Crippen molar-refractivity contribution in [1.82, 2.24) is 39.8 Å². The zero-order valence-corrected chi connectivity index (χ0v) is 46.6. The SMILES string of the molecule is COc1cc([C@H](CC(=O)O)c2ccc(C)c(CN3C[C@H](C)Oc4cc(CCCCCCN[C@H](C(=O)N5C[C@@H](O)C[C@@H]5C(=O)N[C@H](C)c5ccc(-c6scnc6C)cc5)C(C)(C)C)ccc4S3(=O)=O)c2)cc2nnn(C)c12. The molecule has 17 nitrogen and oxygen atoms in total. The van der Waals surface area contributed by atoms with Gasteiger partial charge in [0.15, 0.2) is 0 Å². The van der Waals surface area contributed by atoms with Crippen molar-refractivity contribution in [1.29, 1.82) is 0 Å². The van der Waals surface area contributed by atoms with E-state index >= 15 is 0 Å². The lowest BCUT2D eigenvalue weighted by atomic mass is 9.85. The summed E-state index contributed by atoms with van der Waals surface area (Å²) in [6.07, 6.45) is 2.93. The number of aromatic nitrogens is 4. The molecule has 2 amide bonds. The van der Waals surface area contributed by atoms with Crippen LogP contribution in [0.15, 0.2) is 83.2 Å². The first-order valence-electron chi connectivity index (χ1n) is 26.1. The van der Waals surface area contributed by atoms with Crippen LogP contribution in [0.3, 0.4) is 0 Å². The molecule has 0 unspecified atom stereocenters. The van der Waals surface area contributed by atoms with Crippen LogP contribution < -0.4 is 20.1 Å². The lowest BCUT2D eigenvalue weighted by Gasteiger charge is -2.35. The highest BCUT2D eigenvalue weighted by atomic mass is 32.2. The number of fused-ring (bicyclic) bond motifs is 2. The van der Waals surface area contributed by atoms with Crippen molar-refractivity contribution in [3.8, 4) is 21.9 Å². The number of rotatable bonds is 20. The highest BCUT2D eigenvalue weighted by molar-refractivity contribution is 7.89. The lowest BCUT2D eigenvalue weighted by molar-refractivity contribution is -0.142. The number of aliphatic carboxylic acids is 1. The topological polar surface area (TPSA) is 218 Å². The second-order valence-electron chi connectivity index (χ2n) is 21.6. The van der Waals surface area contributed by atoms with E-state index in [1.807, 2.05) is 121 Å². The Morgan fingerprint density at radius 1 is 0.947 bits per heavy atom. The smallest absolute Gasteiger partial charge is 0.304 e. The molecule has 76 heavy (non-hydrogen) atoms. The summed E-state index contributed by atoms with van der Waals surface area (Å²) in [4.78, 5) is 47.4. The molecule has 406 valence electrons. The maximum Gasteiger partial charge on any atom is 0.304 e. The normalized spacial score (nSPS) is 18.9. The number of ether oxygens (including phenoxy) is 2. The maximum atomic E-state index is 14.4. The maximum absolute atomic E-state index is 14.4. The van der Waals surface area contributed by atoms with Gasteiger partial charge in [-0.15, -0.1) is 16.4 Å². The van der Waals surface area contributed by atoms with Crippen molar-refractivity contribution >= 4 is 50.2 Å². The summed E-state index contributed by atoms with van der Waals surface area (Å²) in [5, 5.41) is 35.8. The molecule has 0 radical (unpaired) electrons. The van der Waals surface area contributed by atoms with Gasteiger partial charge in [0, 0.05) is 32.5 Å². The van der Waals surface area contributed by atoms with E-state index in [1.54, 1.807) is 41.1 Å². The van der Waals surface area contributed by atoms with Crippen LogP contribution in [-0.2, 0) is 44.4 Å². The Morgan fingerprint density at radius 3 is 2.38 bits per heavy atom. The molecule has 6 atom stereocenters. The van der Waals surface area contributed by atoms with E-state index in [0.717, 1.165) is 76.1 Å². The number of carboxylic acids is 1. The molecule has 4 N–H and O–H groups in total. The molecule has 0 spiro atoms. The Labute approximate surface area is 450 Å². The van der Waals surface area contributed by atoms with Crippen LogP contribution in [0.4, 0.5) is 0 Å². The third-order valence-corrected chi connectivity index (χ3v) is 17.5. The second-order valence-corrected chi connectivity index (χ2v) is 24.3. The van der Waals surface area contributed by atoms with Crippen LogP contribution >= 0.6 is 11.3 Å². The molecular formula is C57H72N8O9S2. The Bertz CT molecular complexity index is 3170. The molecule has 4 aromatic carbocycles. The van der Waals surface area contributed by atoms with Crippen LogP contribution in [-0.4, -0.2) is 117 Å². The molecule has 1 saturated heterocycles. The third-order valence-electron chi connectivity index (χ3n) is 14.7. The van der Waals surface area contributed by atoms with Crippen LogP contribution in [0.25, 0.3) is 21.5 Å². The molecule has 19 heteroatoms. The number of nitrogens with one attached hydrogen (secondary N) is 2. The number of aryl methyl sites for hydroxylation is 4. The number of likely N-dealkylation sites (tertiary alicyclic amines) is 1. The van der Waals surface area contributed by atoms with E-state index in [2.05, 4.69) is 25.9 Å². The number of nitrogens with zero attached hydrogens (tertiary/aromatic N) is 6. The highest BCUT2D eigenvalue weighted by Gasteiger charge is 2.44. The van der Waals surface area contributed by atoms with Gasteiger partial charge in [-0.1, -0.05) is 87.4 Å². The fraction of sp³-hybridized carbons (Fsp3) is 0.474. The molecule has 2 aromatic heterocycles. The number of amides is 2. The quantitative estimate of drug-likeness (QED) is 0.0530. The van der Waals surface area contributed by atoms with Gasteiger partial charge in [-0.3, -0.25) is 14.4 Å². The van der Waals surface area contributed by atoms with Crippen molar-refractivity contribution < 1.29 is 42.5 Å². The average molecular weight is 1080 g/mol. The number of unbranched alkanes of at least 4 members (excludes halogenated alkanes) is 3. The summed E-state index contributed by atoms with van der Waals surface area (Å²) in [6.45, 7) is 14.5. The van der Waals surface area contributed by atoms with Gasteiger partial charge in [-0.05, 0) is 122 Å². The third kappa shape index (κ3) is 12.6. The summed E-state index contributed by atoms with van der Waals surface area (Å²) in [5.41, 5.74) is 9.60. The monoisotopic (exact) mass is 1080 g/mol. The first-order chi connectivity index (χ1) is 36.1. The molecule has 0 aliphatic carbocycles. The predicted molar refractivity (Wildman–Crippen MR) is 293 cm³/mol. The number of thiazole rings is 1. The summed E-state index contributed by atoms with van der Waals surface area (Å²) >= 11 is 1.59. The van der Waals surface area contributed by atoms with Crippen molar-refractivity contribution in [2.45, 2.75) is 141 Å². The molecule has 0 saturated carbocycles. The van der Waals surface area contributed by atoms with Gasteiger partial charge in [0.25, 0.3) is 0 Å². The van der Waals surface area contributed by atoms with Crippen LogP contribution in [0.2, 0.25) is 0 Å². The van der Waals surface area contributed by atoms with E-state index in [4.69, 9.17) is 9.47 Å². The molecular weight excluding hydrogens is 1000 g/mol. The first kappa shape index (κ1) is 56.0. The Morgan fingerprint density at radius 2 is 1.68 bits per heavy atom. The zero-order chi connectivity index (χ0) is 54.6. The predicted octanol–water partition coefficient (Wildman–Crippen LogP) is 8.24. The number of aliphatic hydroxyl groups is 1. The molecule has 2 aliphatic rings. The van der Waals surface area contributed by atoms with E-state index in [9.17, 15) is 33.0 Å². The van der Waals surface area contributed by atoms with E-state index in [-0.39, 0.29) is 55.2 Å². The number of hydrogen-bond acceptors (Lipinski definition) is 13. The first-order valence-corrected chi connectivity index (χ1v) is 28.5. The van der Waals surface area contributed by atoms with Crippen LogP contribution in [0.1, 0.15) is 124 Å². The average Bonchev–Trinajstić information content (AvgIpc) is 4.10. The van der Waals surface area contributed by atoms with Crippen molar-refractivity contribution in [2.24, 2.45) is 12.5 Å². The summed E-state index contributed by atoms with van der Waals surface area (Å²) in [5.74, 6) is -1.21. The number of hydrogen-bond donors (Lipinski definition) is 4. The van der Waals surface area contributed by atoms with Crippen molar-refractivity contribution in [3.63, 3.8) is 0 Å². The number of carbonyl (C=O) groups is 3. The van der Waals surface area contributed by atoms with Gasteiger partial charge in [-0.25, -0.2) is 18.1 Å². The van der Waals surface area contributed by atoms with Gasteiger partial charge in [0.2, 0.25) is 21.8 Å². The minimum atomic E-state index is -4.01. The summed E-state index contributed by atoms with van der Waals surface area (Å²) < 4.78 is 43.9. The van der Waals surface area contributed by atoms with Gasteiger partial charge in [-0.2, -0.15) is 4.31 Å². The van der Waals surface area contributed by atoms with Gasteiger partial charge < -0.3 is 35.2 Å². The van der Waals surface area contributed by atoms with E-state index in [1.165, 1.54) is 4.31 Å². The number of aliphatic hydroxyl groups excluding tert-OH is 1. The molecule has 4 heterocycles. The fourth-order valence-corrected chi connectivity index (χ4v) is 12.9. The minimum absolute atomic E-state index is 0.0622. The molecule has 2 aliphatic heterocycles. The standard InChI is InChI=1S/C57H72N8O9S2/c1-34-15-17-41(45(29-51(67)68)42-26-46-52(49(27-42)73-9)63(8)62-61-46)25-43(34)31-64-30-35(2)74-48-24-38(16-22-50(48)76(64,71)72)14-12-10-11-13-23-58-54(57(5,6)7)56(70)65-32-44(66)28-47(65)55(69)60-36(3)39-18-20-40(21-19-39)53-37(4)59-33-75-53/h15-22,24-27,33,35-36,44-45,47,54,58,66H,10-14,23,28-32H2,1-9H3,(H,60,69)(H,67,68)/t35-,36+,44-,45+,47+,54+/m0/s1. The highest BCUT2D eigenvalue weighted by Crippen LogP contribution is 2.38. The zero-order valence-electron chi connectivity index (χ0n) is 45.0. The number of sulfonamides is 1. The summed E-state index contributed by atoms with van der Waals surface area (Å²) in [7, 11) is -0.699. The van der Waals surface area contributed by atoms with Crippen LogP contribution in [0, 0.1) is 19.3 Å². The minimum Gasteiger partial charge on any atom is -0.494 e. The van der Waals surface area contributed by atoms with Gasteiger partial charge in [0.1, 0.15) is 39.6 Å². The van der Waals surface area contributed by atoms with Crippen molar-refractivity contribution in [2.75, 3.05) is 26.7 Å². The molecule has 6 aromatic rings. The number of methoxy groups -OCH3 is 1. The summed E-state index contributed by atoms with van der Waals surface area (Å²) in [6, 6.07) is 21.0. The van der Waals surface area contributed by atoms with Gasteiger partial charge >= 0.3 is 5.97 Å². The fourth-order valence-electron chi connectivity index (χ4n) is 10.5. The van der Waals surface area contributed by atoms with Crippen LogP contribution in [0.5, 0.6) is 11.5 Å². The molecule has 1 fully saturated rings. The van der Waals surface area contributed by atoms with E-state index in [0.29, 0.717) is 34.6 Å². The molecule has 8 rings (SSSR count). The Balaban J connectivity index is 0.846.